The van der Waals surface area contributed by atoms with Crippen molar-refractivity contribution < 1.29 is 23.8 Å². The Hall–Kier alpha value is -1.70. The molecule has 0 unspecified atom stereocenters. The Morgan fingerprint density at radius 2 is 1.81 bits per heavy atom. The van der Waals surface area contributed by atoms with Crippen LogP contribution in [0.4, 0.5) is 0 Å². The van der Waals surface area contributed by atoms with Gasteiger partial charge in [0.2, 0.25) is 11.4 Å². The minimum atomic E-state index is -2.33. The highest BCUT2D eigenvalue weighted by atomic mass is 28.4. The molecule has 0 spiro atoms. The van der Waals surface area contributed by atoms with Gasteiger partial charge in [0.25, 0.3) is 0 Å². The molecule has 1 heterocycles. The van der Waals surface area contributed by atoms with Crippen LogP contribution in [-0.4, -0.2) is 56.8 Å². The van der Waals surface area contributed by atoms with Crippen LogP contribution in [0, 0.1) is 11.8 Å². The summed E-state index contributed by atoms with van der Waals surface area (Å²) < 4.78 is 18.5. The van der Waals surface area contributed by atoms with Gasteiger partial charge in [-0.3, -0.25) is 0 Å². The number of aliphatic hydroxyl groups excluding tert-OH is 1. The van der Waals surface area contributed by atoms with Crippen LogP contribution in [0.3, 0.4) is 0 Å². The summed E-state index contributed by atoms with van der Waals surface area (Å²) in [6.45, 7) is 16.5. The monoisotopic (exact) mass is 449 g/mol. The Morgan fingerprint density at radius 1 is 1.23 bits per heavy atom. The minimum absolute atomic E-state index is 0.0412. The Balaban J connectivity index is 2.73. The van der Waals surface area contributed by atoms with Gasteiger partial charge in [-0.15, -0.1) is 0 Å². The molecule has 0 fully saturated rings. The number of aliphatic imine (C=N–C) groups is 1. The molecule has 0 saturated heterocycles. The van der Waals surface area contributed by atoms with Crippen molar-refractivity contribution in [1.82, 2.24) is 0 Å². The molecule has 0 amide bonds. The summed E-state index contributed by atoms with van der Waals surface area (Å²) in [5, 5.41) is 10.0. The topological polar surface area (TPSA) is 77.4 Å². The third kappa shape index (κ3) is 4.88. The van der Waals surface area contributed by atoms with Gasteiger partial charge in [-0.2, -0.15) is 0 Å². The Labute approximate surface area is 188 Å². The number of ether oxygens (including phenoxy) is 2. The molecule has 0 radical (unpaired) electrons. The van der Waals surface area contributed by atoms with Gasteiger partial charge in [-0.25, -0.2) is 9.79 Å². The lowest BCUT2D eigenvalue weighted by Crippen LogP contribution is -2.63. The molecule has 1 aliphatic heterocycles. The van der Waals surface area contributed by atoms with E-state index in [1.807, 2.05) is 51.1 Å². The van der Waals surface area contributed by atoms with Crippen LogP contribution in [0.1, 0.15) is 47.1 Å². The number of esters is 1. The summed E-state index contributed by atoms with van der Waals surface area (Å²) in [6.07, 6.45) is -1.28. The molecule has 31 heavy (non-hydrogen) atoms. The molecule has 1 aliphatic rings. The minimum Gasteiger partial charge on any atom is -0.471 e. The lowest BCUT2D eigenvalue weighted by molar-refractivity contribution is -0.159. The smallest absolute Gasteiger partial charge is 0.340 e. The molecule has 7 heteroatoms. The second-order valence-electron chi connectivity index (χ2n) is 10.3. The predicted octanol–water partition coefficient (Wildman–Crippen LogP) is 4.42. The zero-order valence-corrected chi connectivity index (χ0v) is 21.4. The highest BCUT2D eigenvalue weighted by molar-refractivity contribution is 6.74. The van der Waals surface area contributed by atoms with E-state index in [0.717, 1.165) is 5.56 Å². The van der Waals surface area contributed by atoms with Gasteiger partial charge in [0.1, 0.15) is 6.10 Å². The van der Waals surface area contributed by atoms with Gasteiger partial charge < -0.3 is 19.0 Å². The normalized spacial score (nSPS) is 23.8. The third-order valence-corrected chi connectivity index (χ3v) is 11.0. The quantitative estimate of drug-likeness (QED) is 0.470. The molecule has 0 aromatic heterocycles. The highest BCUT2D eigenvalue weighted by Gasteiger charge is 2.62. The largest absolute Gasteiger partial charge is 0.471 e. The number of hydrogen-bond acceptors (Lipinski definition) is 6. The van der Waals surface area contributed by atoms with Crippen molar-refractivity contribution in [3.05, 3.63) is 35.9 Å². The number of aliphatic hydroxyl groups is 1. The number of hydrogen-bond donors (Lipinski definition) is 1. The number of methoxy groups -OCH3 is 1. The van der Waals surface area contributed by atoms with E-state index in [9.17, 15) is 9.90 Å². The Kier molecular flexibility index (Phi) is 7.77. The van der Waals surface area contributed by atoms with Crippen LogP contribution < -0.4 is 0 Å². The number of carbonyl (C=O) groups excluding carboxylic acids is 1. The van der Waals surface area contributed by atoms with Gasteiger partial charge in [-0.1, -0.05) is 59.7 Å². The van der Waals surface area contributed by atoms with Gasteiger partial charge in [-0.05, 0) is 36.2 Å². The van der Waals surface area contributed by atoms with Crippen LogP contribution in [-0.2, 0) is 18.7 Å². The highest BCUT2D eigenvalue weighted by Crippen LogP contribution is 2.45. The van der Waals surface area contributed by atoms with Gasteiger partial charge in [0, 0.05) is 18.1 Å². The maximum Gasteiger partial charge on any atom is 0.340 e. The third-order valence-electron chi connectivity index (χ3n) is 6.56. The van der Waals surface area contributed by atoms with Crippen LogP contribution >= 0.6 is 0 Å². The van der Waals surface area contributed by atoms with Crippen LogP contribution in [0.25, 0.3) is 0 Å². The number of carbonyl (C=O) groups is 1. The zero-order chi connectivity index (χ0) is 23.6. The van der Waals surface area contributed by atoms with Crippen molar-refractivity contribution in [3.63, 3.8) is 0 Å². The summed E-state index contributed by atoms with van der Waals surface area (Å²) >= 11 is 0. The molecule has 1 aromatic rings. The predicted molar refractivity (Wildman–Crippen MR) is 126 cm³/mol. The van der Waals surface area contributed by atoms with Gasteiger partial charge >= 0.3 is 5.97 Å². The summed E-state index contributed by atoms with van der Waals surface area (Å²) in [4.78, 5) is 18.4. The van der Waals surface area contributed by atoms with Crippen molar-refractivity contribution >= 4 is 20.2 Å². The Bertz CT molecular complexity index is 787. The summed E-state index contributed by atoms with van der Waals surface area (Å²) in [6, 6.07) is 9.54. The summed E-state index contributed by atoms with van der Waals surface area (Å²) in [5.74, 6) is -0.489. The van der Waals surface area contributed by atoms with E-state index in [2.05, 4.69) is 33.9 Å². The molecule has 6 nitrogen and oxygen atoms in total. The van der Waals surface area contributed by atoms with Crippen molar-refractivity contribution in [2.24, 2.45) is 16.8 Å². The molecule has 0 bridgehead atoms. The summed E-state index contributed by atoms with van der Waals surface area (Å²) in [5.41, 5.74) is -0.618. The van der Waals surface area contributed by atoms with E-state index in [-0.39, 0.29) is 23.5 Å². The second-order valence-corrected chi connectivity index (χ2v) is 15.1. The lowest BCUT2D eigenvalue weighted by Gasteiger charge is -2.46. The maximum absolute atomic E-state index is 13.5. The molecular formula is C24H39NO5Si. The van der Waals surface area contributed by atoms with Crippen molar-refractivity contribution in [2.45, 2.75) is 77.4 Å². The van der Waals surface area contributed by atoms with Gasteiger partial charge in [0.05, 0.1) is 13.2 Å². The average molecular weight is 450 g/mol. The molecule has 2 rings (SSSR count). The number of rotatable bonds is 8. The first-order valence-corrected chi connectivity index (χ1v) is 13.9. The molecule has 0 aliphatic carbocycles. The standard InChI is InChI=1S/C24H39NO5Si/c1-16(2)19-24(22(27)28-7,25-21(29-19)18-13-11-10-12-14-18)20(17(3)15-26)30-31(8,9)23(4,5)6/h10-14,16-17,19-20,26H,15H2,1-9H3/t17-,19-,20+,24+/m0/s1. The molecular weight excluding hydrogens is 410 g/mol. The van der Waals surface area contributed by atoms with E-state index in [1.165, 1.54) is 7.11 Å². The van der Waals surface area contributed by atoms with Crippen LogP contribution in [0.15, 0.2) is 35.3 Å². The van der Waals surface area contributed by atoms with Crippen LogP contribution in [0.2, 0.25) is 18.1 Å². The first kappa shape index (κ1) is 25.6. The van der Waals surface area contributed by atoms with Crippen molar-refractivity contribution in [2.75, 3.05) is 13.7 Å². The molecule has 1 aromatic carbocycles. The van der Waals surface area contributed by atoms with E-state index in [1.54, 1.807) is 0 Å². The van der Waals surface area contributed by atoms with E-state index in [0.29, 0.717) is 5.90 Å². The number of benzene rings is 1. The first-order chi connectivity index (χ1) is 14.3. The molecule has 0 saturated carbocycles. The maximum atomic E-state index is 13.5. The number of nitrogens with zero attached hydrogens (tertiary/aromatic N) is 1. The SMILES string of the molecule is COC(=O)[C@@]1([C@H](O[Si](C)(C)C(C)(C)C)[C@@H](C)CO)N=C(c2ccccc2)O[C@H]1C(C)C. The van der Waals surface area contributed by atoms with Crippen LogP contribution in [0.5, 0.6) is 0 Å². The van der Waals surface area contributed by atoms with Crippen molar-refractivity contribution in [1.29, 1.82) is 0 Å². The van der Waals surface area contributed by atoms with E-state index in [4.69, 9.17) is 18.9 Å². The fourth-order valence-corrected chi connectivity index (χ4v) is 5.12. The Morgan fingerprint density at radius 3 is 2.26 bits per heavy atom. The van der Waals surface area contributed by atoms with E-state index < -0.39 is 32.0 Å². The molecule has 174 valence electrons. The first-order valence-electron chi connectivity index (χ1n) is 11.0. The van der Waals surface area contributed by atoms with Gasteiger partial charge in [0.15, 0.2) is 8.32 Å². The van der Waals surface area contributed by atoms with Crippen molar-refractivity contribution in [3.8, 4) is 0 Å². The molecule has 4 atom stereocenters. The zero-order valence-electron chi connectivity index (χ0n) is 20.4. The van der Waals surface area contributed by atoms with E-state index >= 15 is 0 Å². The average Bonchev–Trinajstić information content (AvgIpc) is 3.12. The molecule has 1 N–H and O–H groups in total. The fraction of sp³-hybridized carbons (Fsp3) is 0.667. The lowest BCUT2D eigenvalue weighted by atomic mass is 9.77. The fourth-order valence-electron chi connectivity index (χ4n) is 3.72. The second kappa shape index (κ2) is 9.43. The summed E-state index contributed by atoms with van der Waals surface area (Å²) in [7, 11) is -0.964.